The Hall–Kier alpha value is -0.0400. The SMILES string of the molecule is CCC1C2C(C)CC(C)C23CCCC3N1C(C)(C)CC. The molecule has 3 aliphatic rings. The van der Waals surface area contributed by atoms with Crippen LogP contribution in [0.2, 0.25) is 0 Å². The third-order valence-corrected chi connectivity index (χ3v) is 7.67. The first kappa shape index (κ1) is 14.9. The van der Waals surface area contributed by atoms with E-state index in [2.05, 4.69) is 46.4 Å². The monoisotopic (exact) mass is 277 g/mol. The normalized spacial score (nSPS) is 48.6. The largest absolute Gasteiger partial charge is 0.291 e. The average Bonchev–Trinajstić information content (AvgIpc) is 2.99. The van der Waals surface area contributed by atoms with Crippen molar-refractivity contribution in [2.75, 3.05) is 0 Å². The first-order valence-corrected chi connectivity index (χ1v) is 9.18. The topological polar surface area (TPSA) is 3.24 Å². The van der Waals surface area contributed by atoms with Crippen LogP contribution in [0.4, 0.5) is 0 Å². The highest BCUT2D eigenvalue weighted by atomic mass is 15.3. The first-order valence-electron chi connectivity index (χ1n) is 9.18. The summed E-state index contributed by atoms with van der Waals surface area (Å²) < 4.78 is 0. The van der Waals surface area contributed by atoms with Crippen molar-refractivity contribution >= 4 is 0 Å². The minimum Gasteiger partial charge on any atom is -0.291 e. The Morgan fingerprint density at radius 2 is 1.90 bits per heavy atom. The molecule has 1 heterocycles. The van der Waals surface area contributed by atoms with Crippen LogP contribution in [0, 0.1) is 23.2 Å². The molecule has 3 fully saturated rings. The van der Waals surface area contributed by atoms with Crippen molar-refractivity contribution < 1.29 is 0 Å². The van der Waals surface area contributed by atoms with E-state index in [-0.39, 0.29) is 0 Å². The summed E-state index contributed by atoms with van der Waals surface area (Å²) in [5.74, 6) is 2.86. The lowest BCUT2D eigenvalue weighted by molar-refractivity contribution is 0.0285. The first-order chi connectivity index (χ1) is 9.40. The molecule has 0 amide bonds. The summed E-state index contributed by atoms with van der Waals surface area (Å²) in [7, 11) is 0. The molecule has 0 aromatic carbocycles. The predicted octanol–water partition coefficient (Wildman–Crippen LogP) is 5.10. The van der Waals surface area contributed by atoms with Crippen molar-refractivity contribution in [3.8, 4) is 0 Å². The molecule has 20 heavy (non-hydrogen) atoms. The van der Waals surface area contributed by atoms with Crippen LogP contribution >= 0.6 is 0 Å². The molecule has 0 radical (unpaired) electrons. The van der Waals surface area contributed by atoms with Crippen molar-refractivity contribution in [3.63, 3.8) is 0 Å². The van der Waals surface area contributed by atoms with Gasteiger partial charge in [-0.25, -0.2) is 0 Å². The molecule has 1 spiro atoms. The van der Waals surface area contributed by atoms with Gasteiger partial charge in [-0.05, 0) is 69.1 Å². The number of likely N-dealkylation sites (tertiary alicyclic amines) is 1. The summed E-state index contributed by atoms with van der Waals surface area (Å²) in [6.45, 7) is 14.9. The van der Waals surface area contributed by atoms with E-state index in [1.807, 2.05) is 0 Å². The molecular formula is C19H35N. The molecule has 1 heteroatoms. The summed E-state index contributed by atoms with van der Waals surface area (Å²) >= 11 is 0. The Labute approximate surface area is 126 Å². The van der Waals surface area contributed by atoms with Crippen LogP contribution < -0.4 is 0 Å². The molecule has 0 N–H and O–H groups in total. The van der Waals surface area contributed by atoms with Crippen LogP contribution in [0.25, 0.3) is 0 Å². The van der Waals surface area contributed by atoms with E-state index in [9.17, 15) is 0 Å². The van der Waals surface area contributed by atoms with Gasteiger partial charge in [0, 0.05) is 17.6 Å². The van der Waals surface area contributed by atoms with Crippen LogP contribution in [-0.2, 0) is 0 Å². The van der Waals surface area contributed by atoms with Crippen LogP contribution in [0.1, 0.15) is 80.1 Å². The van der Waals surface area contributed by atoms with Gasteiger partial charge in [-0.2, -0.15) is 0 Å². The zero-order valence-corrected chi connectivity index (χ0v) is 14.6. The van der Waals surface area contributed by atoms with Crippen LogP contribution in [-0.4, -0.2) is 22.5 Å². The van der Waals surface area contributed by atoms with Gasteiger partial charge in [-0.15, -0.1) is 0 Å². The molecule has 3 rings (SSSR count). The molecule has 1 aliphatic heterocycles. The second kappa shape index (κ2) is 4.73. The quantitative estimate of drug-likeness (QED) is 0.693. The number of rotatable bonds is 3. The van der Waals surface area contributed by atoms with Gasteiger partial charge in [0.1, 0.15) is 0 Å². The van der Waals surface area contributed by atoms with Gasteiger partial charge in [0.2, 0.25) is 0 Å². The molecule has 2 saturated carbocycles. The van der Waals surface area contributed by atoms with Gasteiger partial charge >= 0.3 is 0 Å². The zero-order chi connectivity index (χ0) is 14.7. The van der Waals surface area contributed by atoms with Gasteiger partial charge in [0.05, 0.1) is 0 Å². The maximum absolute atomic E-state index is 3.01. The molecule has 2 aliphatic carbocycles. The highest BCUT2D eigenvalue weighted by Crippen LogP contribution is 2.68. The number of hydrogen-bond donors (Lipinski definition) is 0. The number of hydrogen-bond acceptors (Lipinski definition) is 1. The third-order valence-electron chi connectivity index (χ3n) is 7.67. The average molecular weight is 277 g/mol. The fourth-order valence-electron chi connectivity index (χ4n) is 6.83. The Morgan fingerprint density at radius 3 is 2.50 bits per heavy atom. The molecule has 0 aromatic heterocycles. The van der Waals surface area contributed by atoms with Crippen molar-refractivity contribution in [1.82, 2.24) is 4.90 Å². The van der Waals surface area contributed by atoms with Crippen LogP contribution in [0.5, 0.6) is 0 Å². The lowest BCUT2D eigenvalue weighted by Crippen LogP contribution is -2.52. The van der Waals surface area contributed by atoms with E-state index in [0.29, 0.717) is 11.0 Å². The Balaban J connectivity index is 2.07. The summed E-state index contributed by atoms with van der Waals surface area (Å²) in [5.41, 5.74) is 1.05. The number of nitrogens with zero attached hydrogens (tertiary/aromatic N) is 1. The maximum Gasteiger partial charge on any atom is 0.0166 e. The van der Waals surface area contributed by atoms with E-state index >= 15 is 0 Å². The lowest BCUT2D eigenvalue weighted by Gasteiger charge is -2.45. The van der Waals surface area contributed by atoms with E-state index in [1.165, 1.54) is 38.5 Å². The minimum absolute atomic E-state index is 0.381. The summed E-state index contributed by atoms with van der Waals surface area (Å²) in [5, 5.41) is 0. The minimum atomic E-state index is 0.381. The Bertz CT molecular complexity index is 374. The van der Waals surface area contributed by atoms with Crippen molar-refractivity contribution in [2.45, 2.75) is 97.7 Å². The van der Waals surface area contributed by atoms with Gasteiger partial charge in [0.15, 0.2) is 0 Å². The van der Waals surface area contributed by atoms with Crippen LogP contribution in [0.3, 0.4) is 0 Å². The second-order valence-corrected chi connectivity index (χ2v) is 8.71. The van der Waals surface area contributed by atoms with Crippen LogP contribution in [0.15, 0.2) is 0 Å². The fourth-order valence-corrected chi connectivity index (χ4v) is 6.83. The third kappa shape index (κ3) is 1.65. The fraction of sp³-hybridized carbons (Fsp3) is 1.00. The summed E-state index contributed by atoms with van der Waals surface area (Å²) in [6, 6.07) is 1.72. The van der Waals surface area contributed by atoms with E-state index in [1.54, 1.807) is 0 Å². The zero-order valence-electron chi connectivity index (χ0n) is 14.6. The molecule has 1 nitrogen and oxygen atoms in total. The molecule has 0 aromatic rings. The molecule has 6 atom stereocenters. The Morgan fingerprint density at radius 1 is 1.20 bits per heavy atom. The standard InChI is InChI=1S/C19H35N/c1-7-15-17-13(3)12-14(4)19(17)11-9-10-16(19)20(15)18(5,6)8-2/h13-17H,7-12H2,1-6H3. The highest BCUT2D eigenvalue weighted by Gasteiger charge is 2.67. The van der Waals surface area contributed by atoms with Gasteiger partial charge < -0.3 is 0 Å². The van der Waals surface area contributed by atoms with Crippen molar-refractivity contribution in [3.05, 3.63) is 0 Å². The predicted molar refractivity (Wildman–Crippen MR) is 86.8 cm³/mol. The van der Waals surface area contributed by atoms with E-state index in [0.717, 1.165) is 29.8 Å². The Kier molecular flexibility index (Phi) is 3.52. The van der Waals surface area contributed by atoms with Crippen molar-refractivity contribution in [1.29, 1.82) is 0 Å². The molecule has 116 valence electrons. The lowest BCUT2D eigenvalue weighted by atomic mass is 9.68. The second-order valence-electron chi connectivity index (χ2n) is 8.71. The molecular weight excluding hydrogens is 242 g/mol. The highest BCUT2D eigenvalue weighted by molar-refractivity contribution is 5.19. The van der Waals surface area contributed by atoms with E-state index < -0.39 is 0 Å². The van der Waals surface area contributed by atoms with Crippen molar-refractivity contribution in [2.24, 2.45) is 23.2 Å². The van der Waals surface area contributed by atoms with Gasteiger partial charge in [-0.1, -0.05) is 34.1 Å². The molecule has 6 unspecified atom stereocenters. The van der Waals surface area contributed by atoms with Gasteiger partial charge in [0.25, 0.3) is 0 Å². The molecule has 1 saturated heterocycles. The smallest absolute Gasteiger partial charge is 0.0166 e. The van der Waals surface area contributed by atoms with E-state index in [4.69, 9.17) is 0 Å². The van der Waals surface area contributed by atoms with Gasteiger partial charge in [-0.3, -0.25) is 4.90 Å². The summed E-state index contributed by atoms with van der Waals surface area (Å²) in [6.07, 6.45) is 8.58. The molecule has 0 bridgehead atoms. The maximum atomic E-state index is 3.01. The summed E-state index contributed by atoms with van der Waals surface area (Å²) in [4.78, 5) is 3.01.